The monoisotopic (exact) mass is 513 g/mol. The summed E-state index contributed by atoms with van der Waals surface area (Å²) in [6.45, 7) is 0.553. The summed E-state index contributed by atoms with van der Waals surface area (Å²) in [6, 6.07) is 32.6. The van der Waals surface area contributed by atoms with Gasteiger partial charge in [-0.15, -0.1) is 0 Å². The Morgan fingerprint density at radius 3 is 1.87 bits per heavy atom. The number of hydrogen-bond acceptors (Lipinski definition) is 6. The lowest BCUT2D eigenvalue weighted by Gasteiger charge is -2.29. The van der Waals surface area contributed by atoms with Crippen molar-refractivity contribution < 1.29 is 24.1 Å². The average Bonchev–Trinajstić information content (AvgIpc) is 2.98. The van der Waals surface area contributed by atoms with Crippen molar-refractivity contribution in [3.63, 3.8) is 0 Å². The molecule has 3 atom stereocenters. The fourth-order valence-corrected chi connectivity index (χ4v) is 4.36. The molecule has 0 bridgehead atoms. The molecular formula is C32H35NO5. The van der Waals surface area contributed by atoms with Gasteiger partial charge in [-0.1, -0.05) is 66.7 Å². The van der Waals surface area contributed by atoms with E-state index in [4.69, 9.17) is 24.7 Å². The van der Waals surface area contributed by atoms with Crippen LogP contribution >= 0.6 is 0 Å². The third kappa shape index (κ3) is 7.28. The summed E-state index contributed by atoms with van der Waals surface area (Å²) < 4.78 is 22.6. The molecule has 0 aliphatic carbocycles. The minimum Gasteiger partial charge on any atom is -0.493 e. The Balaban J connectivity index is 1.41. The van der Waals surface area contributed by atoms with Gasteiger partial charge < -0.3 is 29.8 Å². The van der Waals surface area contributed by atoms with E-state index in [2.05, 4.69) is 12.1 Å². The molecule has 0 saturated carbocycles. The highest BCUT2D eigenvalue weighted by atomic mass is 16.5. The van der Waals surface area contributed by atoms with Crippen molar-refractivity contribution >= 4 is 0 Å². The topological polar surface area (TPSA) is 83.2 Å². The molecular weight excluding hydrogens is 478 g/mol. The van der Waals surface area contributed by atoms with Crippen molar-refractivity contribution in [3.8, 4) is 23.0 Å². The van der Waals surface area contributed by atoms with Gasteiger partial charge in [-0.3, -0.25) is 0 Å². The molecule has 0 aromatic heterocycles. The molecule has 4 aromatic rings. The Labute approximate surface area is 224 Å². The molecule has 0 heterocycles. The largest absolute Gasteiger partial charge is 0.493 e. The van der Waals surface area contributed by atoms with Crippen LogP contribution in [-0.2, 0) is 13.0 Å². The van der Waals surface area contributed by atoms with Gasteiger partial charge in [-0.2, -0.15) is 0 Å². The van der Waals surface area contributed by atoms with Crippen molar-refractivity contribution in [2.75, 3.05) is 20.8 Å². The van der Waals surface area contributed by atoms with Crippen molar-refractivity contribution in [3.05, 3.63) is 120 Å². The van der Waals surface area contributed by atoms with E-state index in [0.717, 1.165) is 22.4 Å². The molecule has 38 heavy (non-hydrogen) atoms. The second kappa shape index (κ2) is 13.5. The van der Waals surface area contributed by atoms with Gasteiger partial charge in [-0.25, -0.2) is 0 Å². The first-order valence-electron chi connectivity index (χ1n) is 12.7. The second-order valence-corrected chi connectivity index (χ2v) is 9.11. The standard InChI is InChI=1S/C32H35NO5/c1-35-30-18-13-25(20-31(30)36-2)28(19-23-9-5-3-6-10-23)32(33)29(34)22-38-27-16-14-26(15-17-27)37-21-24-11-7-4-8-12-24/h3-18,20,28-29,32,34H,19,21-22,33H2,1-2H3. The highest BCUT2D eigenvalue weighted by Crippen LogP contribution is 2.34. The Hall–Kier alpha value is -4.00. The van der Waals surface area contributed by atoms with E-state index in [1.165, 1.54) is 0 Å². The van der Waals surface area contributed by atoms with Gasteiger partial charge in [0.05, 0.1) is 14.2 Å². The summed E-state index contributed by atoms with van der Waals surface area (Å²) in [4.78, 5) is 0. The van der Waals surface area contributed by atoms with Gasteiger partial charge in [0.2, 0.25) is 0 Å². The van der Waals surface area contributed by atoms with Crippen LogP contribution in [0.4, 0.5) is 0 Å². The highest BCUT2D eigenvalue weighted by molar-refractivity contribution is 5.44. The van der Waals surface area contributed by atoms with Crippen molar-refractivity contribution in [2.45, 2.75) is 31.1 Å². The zero-order valence-electron chi connectivity index (χ0n) is 21.8. The summed E-state index contributed by atoms with van der Waals surface area (Å²) in [5, 5.41) is 11.1. The van der Waals surface area contributed by atoms with E-state index in [9.17, 15) is 5.11 Å². The van der Waals surface area contributed by atoms with Crippen LogP contribution in [0.2, 0.25) is 0 Å². The smallest absolute Gasteiger partial charge is 0.160 e. The van der Waals surface area contributed by atoms with Crippen molar-refractivity contribution in [1.29, 1.82) is 0 Å². The third-order valence-electron chi connectivity index (χ3n) is 6.54. The van der Waals surface area contributed by atoms with Crippen LogP contribution in [0.3, 0.4) is 0 Å². The van der Waals surface area contributed by atoms with Gasteiger partial charge in [0.15, 0.2) is 11.5 Å². The van der Waals surface area contributed by atoms with Crippen LogP contribution in [-0.4, -0.2) is 38.1 Å². The molecule has 0 aliphatic rings. The number of ether oxygens (including phenoxy) is 4. The molecule has 3 N–H and O–H groups in total. The zero-order chi connectivity index (χ0) is 26.7. The van der Waals surface area contributed by atoms with Crippen LogP contribution in [0.5, 0.6) is 23.0 Å². The normalized spacial score (nSPS) is 13.3. The number of aliphatic hydroxyl groups is 1. The molecule has 0 spiro atoms. The first-order chi connectivity index (χ1) is 18.6. The fraction of sp³-hybridized carbons (Fsp3) is 0.250. The van der Waals surface area contributed by atoms with Crippen LogP contribution in [0.15, 0.2) is 103 Å². The van der Waals surface area contributed by atoms with Gasteiger partial charge in [0.1, 0.15) is 30.8 Å². The molecule has 4 aromatic carbocycles. The molecule has 0 fully saturated rings. The molecule has 0 saturated heterocycles. The maximum absolute atomic E-state index is 11.1. The maximum Gasteiger partial charge on any atom is 0.160 e. The lowest BCUT2D eigenvalue weighted by Crippen LogP contribution is -2.44. The number of hydrogen-bond donors (Lipinski definition) is 2. The summed E-state index contributed by atoms with van der Waals surface area (Å²) in [6.07, 6.45) is -0.243. The number of aliphatic hydroxyl groups excluding tert-OH is 1. The molecule has 3 unspecified atom stereocenters. The average molecular weight is 514 g/mol. The van der Waals surface area contributed by atoms with Crippen molar-refractivity contribution in [1.82, 2.24) is 0 Å². The Bertz CT molecular complexity index is 1250. The predicted molar refractivity (Wildman–Crippen MR) is 149 cm³/mol. The zero-order valence-corrected chi connectivity index (χ0v) is 21.8. The quantitative estimate of drug-likeness (QED) is 0.250. The van der Waals surface area contributed by atoms with Crippen LogP contribution in [0.1, 0.15) is 22.6 Å². The molecule has 0 amide bonds. The van der Waals surface area contributed by atoms with E-state index in [1.807, 2.05) is 91.0 Å². The molecule has 6 nitrogen and oxygen atoms in total. The first kappa shape index (κ1) is 27.0. The molecule has 6 heteroatoms. The summed E-state index contributed by atoms with van der Waals surface area (Å²) in [7, 11) is 3.21. The number of nitrogens with two attached hydrogens (primary N) is 1. The SMILES string of the molecule is COc1ccc(C(Cc2ccccc2)C(N)C(O)COc2ccc(OCc3ccccc3)cc2)cc1OC. The molecule has 0 aliphatic heterocycles. The minimum atomic E-state index is -0.897. The lowest BCUT2D eigenvalue weighted by molar-refractivity contribution is 0.0765. The van der Waals surface area contributed by atoms with Crippen molar-refractivity contribution in [2.24, 2.45) is 5.73 Å². The predicted octanol–water partition coefficient (Wildman–Crippen LogP) is 5.38. The number of rotatable bonds is 13. The minimum absolute atomic E-state index is 0.0595. The summed E-state index contributed by atoms with van der Waals surface area (Å²) >= 11 is 0. The van der Waals surface area contributed by atoms with E-state index in [-0.39, 0.29) is 12.5 Å². The Morgan fingerprint density at radius 2 is 1.26 bits per heavy atom. The first-order valence-corrected chi connectivity index (χ1v) is 12.7. The van der Waals surface area contributed by atoms with E-state index in [0.29, 0.717) is 30.3 Å². The van der Waals surface area contributed by atoms with E-state index in [1.54, 1.807) is 14.2 Å². The maximum atomic E-state index is 11.1. The number of methoxy groups -OCH3 is 2. The van der Waals surface area contributed by atoms with Crippen LogP contribution in [0.25, 0.3) is 0 Å². The molecule has 198 valence electrons. The van der Waals surface area contributed by atoms with Gasteiger partial charge in [0.25, 0.3) is 0 Å². The molecule has 0 radical (unpaired) electrons. The van der Waals surface area contributed by atoms with Gasteiger partial charge in [-0.05, 0) is 59.5 Å². The fourth-order valence-electron chi connectivity index (χ4n) is 4.36. The molecule has 4 rings (SSSR count). The number of benzene rings is 4. The highest BCUT2D eigenvalue weighted by Gasteiger charge is 2.28. The van der Waals surface area contributed by atoms with Crippen LogP contribution < -0.4 is 24.7 Å². The third-order valence-corrected chi connectivity index (χ3v) is 6.54. The summed E-state index contributed by atoms with van der Waals surface area (Å²) in [5.74, 6) is 2.47. The Kier molecular flexibility index (Phi) is 9.62. The van der Waals surface area contributed by atoms with Gasteiger partial charge in [0, 0.05) is 12.0 Å². The van der Waals surface area contributed by atoms with E-state index >= 15 is 0 Å². The lowest BCUT2D eigenvalue weighted by atomic mass is 9.83. The van der Waals surface area contributed by atoms with Crippen LogP contribution in [0, 0.1) is 0 Å². The van der Waals surface area contributed by atoms with Gasteiger partial charge >= 0.3 is 0 Å². The second-order valence-electron chi connectivity index (χ2n) is 9.11. The van der Waals surface area contributed by atoms with E-state index < -0.39 is 12.1 Å². The summed E-state index contributed by atoms with van der Waals surface area (Å²) in [5.41, 5.74) is 9.85. The Morgan fingerprint density at radius 1 is 0.684 bits per heavy atom.